The van der Waals surface area contributed by atoms with E-state index in [9.17, 15) is 0 Å². The molecule has 3 nitrogen and oxygen atoms in total. The van der Waals surface area contributed by atoms with Crippen LogP contribution in [0.25, 0.3) is 0 Å². The monoisotopic (exact) mass is 213 g/mol. The maximum Gasteiger partial charge on any atom is 0.138 e. The zero-order chi connectivity index (χ0) is 10.1. The van der Waals surface area contributed by atoms with Crippen molar-refractivity contribution in [3.05, 3.63) is 22.7 Å². The molecule has 0 radical (unpaired) electrons. The van der Waals surface area contributed by atoms with Gasteiger partial charge in [0.2, 0.25) is 0 Å². The molecule has 0 aromatic heterocycles. The van der Waals surface area contributed by atoms with E-state index in [2.05, 4.69) is 0 Å². The van der Waals surface area contributed by atoms with Crippen molar-refractivity contribution in [1.82, 2.24) is 0 Å². The van der Waals surface area contributed by atoms with E-state index in [1.54, 1.807) is 13.2 Å². The number of methoxy groups -OCH3 is 1. The van der Waals surface area contributed by atoms with E-state index >= 15 is 0 Å². The number of hydrogen-bond acceptors (Lipinski definition) is 3. The van der Waals surface area contributed by atoms with Crippen molar-refractivity contribution in [2.75, 3.05) is 13.7 Å². The van der Waals surface area contributed by atoms with Crippen LogP contribution in [-0.4, -0.2) is 13.7 Å². The van der Waals surface area contributed by atoms with E-state index in [1.165, 1.54) is 0 Å². The normalized spacial score (nSPS) is 19.8. The Morgan fingerprint density at radius 2 is 2.36 bits per heavy atom. The molecule has 1 aromatic carbocycles. The van der Waals surface area contributed by atoms with Crippen LogP contribution in [0, 0.1) is 0 Å². The Hall–Kier alpha value is -0.930. The molecule has 0 saturated carbocycles. The molecule has 0 amide bonds. The maximum atomic E-state index is 5.96. The van der Waals surface area contributed by atoms with E-state index in [-0.39, 0.29) is 6.04 Å². The van der Waals surface area contributed by atoms with Crippen molar-refractivity contribution in [3.8, 4) is 11.5 Å². The van der Waals surface area contributed by atoms with Crippen LogP contribution in [0.15, 0.2) is 12.1 Å². The lowest BCUT2D eigenvalue weighted by Gasteiger charge is -2.23. The molecule has 1 heterocycles. The second-order valence-electron chi connectivity index (χ2n) is 3.27. The van der Waals surface area contributed by atoms with Gasteiger partial charge in [0.25, 0.3) is 0 Å². The minimum atomic E-state index is 0.0184. The van der Waals surface area contributed by atoms with Crippen LogP contribution in [0.3, 0.4) is 0 Å². The van der Waals surface area contributed by atoms with Crippen LogP contribution < -0.4 is 15.2 Å². The number of rotatable bonds is 1. The molecular formula is C10H12ClNO2. The quantitative estimate of drug-likeness (QED) is 0.777. The molecule has 0 spiro atoms. The van der Waals surface area contributed by atoms with Gasteiger partial charge in [-0.25, -0.2) is 0 Å². The summed E-state index contributed by atoms with van der Waals surface area (Å²) in [6.45, 7) is 0.650. The lowest BCUT2D eigenvalue weighted by molar-refractivity contribution is 0.268. The summed E-state index contributed by atoms with van der Waals surface area (Å²) in [6.07, 6.45) is 0.831. The van der Waals surface area contributed by atoms with Crippen LogP contribution in [0.5, 0.6) is 11.5 Å². The first-order chi connectivity index (χ1) is 6.72. The summed E-state index contributed by atoms with van der Waals surface area (Å²) in [7, 11) is 1.59. The van der Waals surface area contributed by atoms with Crippen molar-refractivity contribution >= 4 is 11.6 Å². The fourth-order valence-electron chi connectivity index (χ4n) is 1.57. The second kappa shape index (κ2) is 3.67. The van der Waals surface area contributed by atoms with Gasteiger partial charge in [-0.3, -0.25) is 0 Å². The third-order valence-electron chi connectivity index (χ3n) is 2.37. The number of fused-ring (bicyclic) bond motifs is 1. The Bertz CT molecular complexity index is 354. The first-order valence-corrected chi connectivity index (χ1v) is 4.86. The Labute approximate surface area is 87.8 Å². The third kappa shape index (κ3) is 1.53. The fourth-order valence-corrected chi connectivity index (χ4v) is 1.80. The smallest absolute Gasteiger partial charge is 0.138 e. The Morgan fingerprint density at radius 1 is 1.57 bits per heavy atom. The van der Waals surface area contributed by atoms with Gasteiger partial charge in [-0.1, -0.05) is 11.6 Å². The van der Waals surface area contributed by atoms with E-state index in [0.717, 1.165) is 17.7 Å². The highest BCUT2D eigenvalue weighted by molar-refractivity contribution is 6.32. The van der Waals surface area contributed by atoms with E-state index in [1.807, 2.05) is 6.07 Å². The number of benzene rings is 1. The SMILES string of the molecule is COc1cc2c(cc1Cl)OCC[C@@H]2N. The third-order valence-corrected chi connectivity index (χ3v) is 2.67. The van der Waals surface area contributed by atoms with Crippen molar-refractivity contribution in [2.45, 2.75) is 12.5 Å². The van der Waals surface area contributed by atoms with Crippen molar-refractivity contribution < 1.29 is 9.47 Å². The summed E-state index contributed by atoms with van der Waals surface area (Å²) in [4.78, 5) is 0. The predicted molar refractivity (Wildman–Crippen MR) is 55.0 cm³/mol. The molecule has 0 bridgehead atoms. The molecule has 0 unspecified atom stereocenters. The highest BCUT2D eigenvalue weighted by Gasteiger charge is 2.20. The van der Waals surface area contributed by atoms with Gasteiger partial charge in [0, 0.05) is 24.1 Å². The molecule has 2 N–H and O–H groups in total. The highest BCUT2D eigenvalue weighted by atomic mass is 35.5. The average molecular weight is 214 g/mol. The summed E-state index contributed by atoms with van der Waals surface area (Å²) in [5, 5.41) is 0.556. The lowest BCUT2D eigenvalue weighted by Crippen LogP contribution is -2.20. The lowest BCUT2D eigenvalue weighted by atomic mass is 10.0. The minimum absolute atomic E-state index is 0.0184. The molecule has 1 aliphatic rings. The molecule has 1 atom stereocenters. The minimum Gasteiger partial charge on any atom is -0.495 e. The average Bonchev–Trinajstić information content (AvgIpc) is 2.17. The number of hydrogen-bond donors (Lipinski definition) is 1. The molecule has 1 aromatic rings. The highest BCUT2D eigenvalue weighted by Crippen LogP contribution is 2.38. The summed E-state index contributed by atoms with van der Waals surface area (Å²) in [5.41, 5.74) is 6.91. The zero-order valence-corrected chi connectivity index (χ0v) is 8.67. The van der Waals surface area contributed by atoms with Crippen molar-refractivity contribution in [1.29, 1.82) is 0 Å². The molecule has 76 valence electrons. The summed E-state index contributed by atoms with van der Waals surface area (Å²) < 4.78 is 10.6. The molecular weight excluding hydrogens is 202 g/mol. The molecule has 0 fully saturated rings. The standard InChI is InChI=1S/C10H12ClNO2/c1-13-10-4-6-8(12)2-3-14-9(6)5-7(10)11/h4-5,8H,2-3,12H2,1H3/t8-/m0/s1. The second-order valence-corrected chi connectivity index (χ2v) is 3.68. The van der Waals surface area contributed by atoms with Crippen LogP contribution in [0.1, 0.15) is 18.0 Å². The van der Waals surface area contributed by atoms with E-state index < -0.39 is 0 Å². The fraction of sp³-hybridized carbons (Fsp3) is 0.400. The van der Waals surface area contributed by atoms with Crippen molar-refractivity contribution in [3.63, 3.8) is 0 Å². The van der Waals surface area contributed by atoms with Gasteiger partial charge in [-0.15, -0.1) is 0 Å². The molecule has 2 rings (SSSR count). The van der Waals surface area contributed by atoms with Crippen molar-refractivity contribution in [2.24, 2.45) is 5.73 Å². The summed E-state index contributed by atoms with van der Waals surface area (Å²) >= 11 is 5.96. The first-order valence-electron chi connectivity index (χ1n) is 4.48. The molecule has 0 aliphatic carbocycles. The summed E-state index contributed by atoms with van der Waals surface area (Å²) in [5.74, 6) is 1.42. The van der Waals surface area contributed by atoms with E-state index in [0.29, 0.717) is 17.4 Å². The van der Waals surface area contributed by atoms with E-state index in [4.69, 9.17) is 26.8 Å². The van der Waals surface area contributed by atoms with Gasteiger partial charge in [0.15, 0.2) is 0 Å². The maximum absolute atomic E-state index is 5.96. The molecule has 1 aliphatic heterocycles. The molecule has 14 heavy (non-hydrogen) atoms. The number of halogens is 1. The van der Waals surface area contributed by atoms with Crippen LogP contribution >= 0.6 is 11.6 Å². The number of nitrogens with two attached hydrogens (primary N) is 1. The van der Waals surface area contributed by atoms with Gasteiger partial charge < -0.3 is 15.2 Å². The summed E-state index contributed by atoms with van der Waals surface area (Å²) in [6, 6.07) is 3.63. The predicted octanol–water partition coefficient (Wildman–Crippen LogP) is 2.13. The van der Waals surface area contributed by atoms with Gasteiger partial charge in [0.05, 0.1) is 18.7 Å². The van der Waals surface area contributed by atoms with Gasteiger partial charge in [0.1, 0.15) is 11.5 Å². The van der Waals surface area contributed by atoms with Gasteiger partial charge in [-0.2, -0.15) is 0 Å². The Morgan fingerprint density at radius 3 is 3.07 bits per heavy atom. The topological polar surface area (TPSA) is 44.5 Å². The molecule has 0 saturated heterocycles. The molecule has 4 heteroatoms. The Kier molecular flexibility index (Phi) is 2.52. The number of ether oxygens (including phenoxy) is 2. The van der Waals surface area contributed by atoms with Gasteiger partial charge >= 0.3 is 0 Å². The zero-order valence-electron chi connectivity index (χ0n) is 7.92. The van der Waals surface area contributed by atoms with Gasteiger partial charge in [-0.05, 0) is 6.07 Å². The van der Waals surface area contributed by atoms with Crippen LogP contribution in [-0.2, 0) is 0 Å². The Balaban J connectivity index is 2.49. The first kappa shape index (κ1) is 9.62. The van der Waals surface area contributed by atoms with Crippen LogP contribution in [0.4, 0.5) is 0 Å². The largest absolute Gasteiger partial charge is 0.495 e. The van der Waals surface area contributed by atoms with Crippen LogP contribution in [0.2, 0.25) is 5.02 Å².